The molecule has 0 fully saturated rings. The summed E-state index contributed by atoms with van der Waals surface area (Å²) in [5, 5.41) is 1.97. The molecule has 0 N–H and O–H groups in total. The molecule has 0 atom stereocenters. The zero-order valence-corrected chi connectivity index (χ0v) is 11.1. The van der Waals surface area contributed by atoms with E-state index >= 15 is 0 Å². The van der Waals surface area contributed by atoms with Crippen molar-refractivity contribution in [2.24, 2.45) is 5.92 Å². The Morgan fingerprint density at radius 1 is 1.11 bits per heavy atom. The van der Waals surface area contributed by atoms with Crippen LogP contribution in [0.25, 0.3) is 10.8 Å². The van der Waals surface area contributed by atoms with E-state index in [-0.39, 0.29) is 5.78 Å². The lowest BCUT2D eigenvalue weighted by atomic mass is 10.0. The monoisotopic (exact) mass is 242 g/mol. The highest BCUT2D eigenvalue weighted by Gasteiger charge is 2.08. The average molecular weight is 242 g/mol. The maximum atomic E-state index is 11.6. The molecule has 0 aliphatic heterocycles. The highest BCUT2D eigenvalue weighted by Crippen LogP contribution is 2.28. The van der Waals surface area contributed by atoms with Crippen LogP contribution in [-0.4, -0.2) is 12.4 Å². The van der Waals surface area contributed by atoms with Crippen molar-refractivity contribution >= 4 is 16.6 Å². The zero-order chi connectivity index (χ0) is 13.1. The van der Waals surface area contributed by atoms with Crippen LogP contribution in [-0.2, 0) is 0 Å². The Morgan fingerprint density at radius 2 is 1.78 bits per heavy atom. The zero-order valence-electron chi connectivity index (χ0n) is 11.1. The maximum Gasteiger partial charge on any atom is 0.160 e. The van der Waals surface area contributed by atoms with E-state index < -0.39 is 0 Å². The summed E-state index contributed by atoms with van der Waals surface area (Å²) in [4.78, 5) is 11.6. The Kier molecular flexibility index (Phi) is 3.66. The van der Waals surface area contributed by atoms with Crippen LogP contribution in [0.4, 0.5) is 0 Å². The number of carbonyl (C=O) groups is 1. The topological polar surface area (TPSA) is 26.3 Å². The summed E-state index contributed by atoms with van der Waals surface area (Å²) in [6.45, 7) is 6.51. The van der Waals surface area contributed by atoms with Gasteiger partial charge in [-0.3, -0.25) is 4.79 Å². The van der Waals surface area contributed by atoms with Crippen LogP contribution in [0.3, 0.4) is 0 Å². The fourth-order valence-corrected chi connectivity index (χ4v) is 1.97. The van der Waals surface area contributed by atoms with Gasteiger partial charge in [-0.05, 0) is 24.3 Å². The molecule has 0 unspecified atom stereocenters. The number of Topliss-reactive ketones (excluding diaryl/α,β-unsaturated/α-hetero) is 1. The number of fused-ring (bicyclic) bond motifs is 1. The summed E-state index contributed by atoms with van der Waals surface area (Å²) in [5.74, 6) is 1.42. The molecule has 0 saturated carbocycles. The molecule has 2 aromatic rings. The Balaban J connectivity index is 2.50. The van der Waals surface area contributed by atoms with Gasteiger partial charge in [0.25, 0.3) is 0 Å². The van der Waals surface area contributed by atoms with Crippen LogP contribution < -0.4 is 4.74 Å². The van der Waals surface area contributed by atoms with Gasteiger partial charge in [-0.2, -0.15) is 0 Å². The molecule has 0 bridgehead atoms. The normalized spacial score (nSPS) is 10.9. The molecule has 0 spiro atoms. The third kappa shape index (κ3) is 2.53. The molecule has 18 heavy (non-hydrogen) atoms. The third-order valence-corrected chi connectivity index (χ3v) is 2.83. The number of rotatable bonds is 4. The first-order valence-electron chi connectivity index (χ1n) is 6.25. The maximum absolute atomic E-state index is 11.6. The van der Waals surface area contributed by atoms with Crippen molar-refractivity contribution in [2.75, 3.05) is 6.61 Å². The van der Waals surface area contributed by atoms with Crippen LogP contribution in [0, 0.1) is 5.92 Å². The Labute approximate surface area is 108 Å². The third-order valence-electron chi connectivity index (χ3n) is 2.83. The summed E-state index contributed by atoms with van der Waals surface area (Å²) < 4.78 is 5.80. The highest BCUT2D eigenvalue weighted by atomic mass is 16.5. The second kappa shape index (κ2) is 5.21. The lowest BCUT2D eigenvalue weighted by molar-refractivity contribution is 0.101. The summed E-state index contributed by atoms with van der Waals surface area (Å²) in [5.41, 5.74) is 0.752. The highest BCUT2D eigenvalue weighted by molar-refractivity contribution is 6.08. The van der Waals surface area contributed by atoms with Crippen molar-refractivity contribution in [3.8, 4) is 5.75 Å². The molecule has 0 heterocycles. The van der Waals surface area contributed by atoms with Gasteiger partial charge in [-0.15, -0.1) is 0 Å². The van der Waals surface area contributed by atoms with E-state index in [1.807, 2.05) is 36.4 Å². The van der Waals surface area contributed by atoms with Crippen LogP contribution in [0.1, 0.15) is 31.1 Å². The summed E-state index contributed by atoms with van der Waals surface area (Å²) in [6.07, 6.45) is 0. The first-order valence-corrected chi connectivity index (χ1v) is 6.25. The quantitative estimate of drug-likeness (QED) is 0.755. The van der Waals surface area contributed by atoms with Gasteiger partial charge in [0.2, 0.25) is 0 Å². The van der Waals surface area contributed by atoms with Gasteiger partial charge in [0.15, 0.2) is 5.78 Å². The van der Waals surface area contributed by atoms with Crippen molar-refractivity contribution in [2.45, 2.75) is 20.8 Å². The number of hydrogen-bond acceptors (Lipinski definition) is 2. The fraction of sp³-hybridized carbons (Fsp3) is 0.312. The largest absolute Gasteiger partial charge is 0.493 e. The number of carbonyl (C=O) groups excluding carboxylic acids is 1. The van der Waals surface area contributed by atoms with Crippen molar-refractivity contribution in [1.82, 2.24) is 0 Å². The van der Waals surface area contributed by atoms with Gasteiger partial charge in [0.1, 0.15) is 5.75 Å². The van der Waals surface area contributed by atoms with E-state index in [9.17, 15) is 4.79 Å². The van der Waals surface area contributed by atoms with E-state index in [2.05, 4.69) is 13.8 Å². The second-order valence-corrected chi connectivity index (χ2v) is 4.92. The second-order valence-electron chi connectivity index (χ2n) is 4.92. The predicted octanol–water partition coefficient (Wildman–Crippen LogP) is 4.08. The molecular formula is C16H18O2. The van der Waals surface area contributed by atoms with E-state index in [0.717, 1.165) is 22.1 Å². The Hall–Kier alpha value is -1.83. The molecule has 0 amide bonds. The molecule has 0 saturated heterocycles. The minimum absolute atomic E-state index is 0.0848. The first-order chi connectivity index (χ1) is 8.59. The molecule has 2 nitrogen and oxygen atoms in total. The minimum Gasteiger partial charge on any atom is -0.493 e. The Bertz CT molecular complexity index is 570. The number of hydrogen-bond donors (Lipinski definition) is 0. The average Bonchev–Trinajstić information content (AvgIpc) is 2.35. The van der Waals surface area contributed by atoms with E-state index in [1.54, 1.807) is 6.92 Å². The van der Waals surface area contributed by atoms with Crippen LogP contribution in [0.15, 0.2) is 36.4 Å². The van der Waals surface area contributed by atoms with Gasteiger partial charge >= 0.3 is 0 Å². The lowest BCUT2D eigenvalue weighted by Gasteiger charge is -2.12. The Morgan fingerprint density at radius 3 is 2.44 bits per heavy atom. The molecule has 2 heteroatoms. The van der Waals surface area contributed by atoms with Crippen molar-refractivity contribution in [3.05, 3.63) is 42.0 Å². The number of ether oxygens (including phenoxy) is 1. The van der Waals surface area contributed by atoms with E-state index in [1.165, 1.54) is 0 Å². The minimum atomic E-state index is 0.0848. The SMILES string of the molecule is CC(=O)c1cccc2c(OCC(C)C)cccc12. The van der Waals surface area contributed by atoms with Crippen molar-refractivity contribution in [3.63, 3.8) is 0 Å². The van der Waals surface area contributed by atoms with Gasteiger partial charge in [0, 0.05) is 10.9 Å². The van der Waals surface area contributed by atoms with Gasteiger partial charge in [-0.25, -0.2) is 0 Å². The molecule has 94 valence electrons. The van der Waals surface area contributed by atoms with E-state index in [4.69, 9.17) is 4.74 Å². The van der Waals surface area contributed by atoms with Gasteiger partial charge < -0.3 is 4.74 Å². The molecule has 2 rings (SSSR count). The first kappa shape index (κ1) is 12.6. The molecule has 0 aliphatic carbocycles. The summed E-state index contributed by atoms with van der Waals surface area (Å²) >= 11 is 0. The van der Waals surface area contributed by atoms with Crippen molar-refractivity contribution in [1.29, 1.82) is 0 Å². The smallest absolute Gasteiger partial charge is 0.160 e. The van der Waals surface area contributed by atoms with Crippen LogP contribution in [0.2, 0.25) is 0 Å². The molecule has 0 aliphatic rings. The molecule has 2 aromatic carbocycles. The summed E-state index contributed by atoms with van der Waals surface area (Å²) in [7, 11) is 0. The molecule has 0 radical (unpaired) electrons. The number of ketones is 1. The van der Waals surface area contributed by atoms with Crippen LogP contribution >= 0.6 is 0 Å². The molecular weight excluding hydrogens is 224 g/mol. The van der Waals surface area contributed by atoms with Gasteiger partial charge in [0.05, 0.1) is 6.61 Å². The van der Waals surface area contributed by atoms with E-state index in [0.29, 0.717) is 12.5 Å². The lowest BCUT2D eigenvalue weighted by Crippen LogP contribution is -2.05. The molecule has 0 aromatic heterocycles. The summed E-state index contributed by atoms with van der Waals surface area (Å²) in [6, 6.07) is 11.6. The number of benzene rings is 2. The standard InChI is InChI=1S/C16H18O2/c1-11(2)10-18-16-9-5-7-14-13(12(3)17)6-4-8-15(14)16/h4-9,11H,10H2,1-3H3. The van der Waals surface area contributed by atoms with Crippen LogP contribution in [0.5, 0.6) is 5.75 Å². The van der Waals surface area contributed by atoms with Gasteiger partial charge in [-0.1, -0.05) is 44.2 Å². The fourth-order valence-electron chi connectivity index (χ4n) is 1.97. The van der Waals surface area contributed by atoms with Crippen molar-refractivity contribution < 1.29 is 9.53 Å². The predicted molar refractivity (Wildman–Crippen MR) is 74.3 cm³/mol.